The van der Waals surface area contributed by atoms with Crippen LogP contribution in [0.5, 0.6) is 5.75 Å². The Kier molecular flexibility index (Phi) is 9.32. The molecule has 0 bridgehead atoms. The Morgan fingerprint density at radius 3 is 2.49 bits per heavy atom. The van der Waals surface area contributed by atoms with Gasteiger partial charge in [0.25, 0.3) is 0 Å². The molecule has 0 radical (unpaired) electrons. The normalized spacial score (nSPS) is 16.8. The molecule has 0 spiro atoms. The monoisotopic (exact) mass is 478 g/mol. The molecule has 4 rings (SSSR count). The van der Waals surface area contributed by atoms with E-state index in [-0.39, 0.29) is 18.4 Å². The first-order valence-electron chi connectivity index (χ1n) is 13.1. The van der Waals surface area contributed by atoms with Gasteiger partial charge in [-0.2, -0.15) is 0 Å². The average molecular weight is 479 g/mol. The number of hydrogen-bond acceptors (Lipinski definition) is 6. The lowest BCUT2D eigenvalue weighted by Gasteiger charge is -2.22. The Hall–Kier alpha value is -2.70. The first-order valence-corrected chi connectivity index (χ1v) is 13.1. The van der Waals surface area contributed by atoms with E-state index in [1.54, 1.807) is 6.92 Å². The molecule has 6 heteroatoms. The molecule has 2 aromatic rings. The van der Waals surface area contributed by atoms with E-state index in [9.17, 15) is 9.59 Å². The van der Waals surface area contributed by atoms with Crippen molar-refractivity contribution in [3.8, 4) is 5.75 Å². The number of nitrogens with zero attached hydrogens (tertiary/aromatic N) is 1. The van der Waals surface area contributed by atoms with E-state index in [1.807, 2.05) is 18.2 Å². The molecule has 0 amide bonds. The number of carbonyl (C=O) groups excluding carboxylic acids is 2. The van der Waals surface area contributed by atoms with Crippen LogP contribution in [0.25, 0.3) is 0 Å². The van der Waals surface area contributed by atoms with Gasteiger partial charge in [-0.1, -0.05) is 24.3 Å². The van der Waals surface area contributed by atoms with Crippen molar-refractivity contribution >= 4 is 11.8 Å². The van der Waals surface area contributed by atoms with Crippen LogP contribution in [0, 0.1) is 5.92 Å². The maximum Gasteiger partial charge on any atom is 0.344 e. The highest BCUT2D eigenvalue weighted by Crippen LogP contribution is 2.23. The first kappa shape index (κ1) is 25.4. The second kappa shape index (κ2) is 12.8. The van der Waals surface area contributed by atoms with Crippen LogP contribution in [-0.4, -0.2) is 56.0 Å². The van der Waals surface area contributed by atoms with Crippen LogP contribution >= 0.6 is 0 Å². The molecular formula is C29H38N2O4. The standard InChI is InChI=1S/C29H38N2O4/c1-2-34-29(33)21-35-27-8-3-23(4-9-27)20-31-17-13-24-6-7-26(19-25(24)14-18-31)28(32)10-5-22-11-15-30-16-12-22/h3-4,6-9,19,22,30H,2,5,10-18,20-21H2,1H3. The molecule has 0 saturated carbocycles. The number of fused-ring (bicyclic) bond motifs is 1. The summed E-state index contributed by atoms with van der Waals surface area (Å²) in [5.41, 5.74) is 4.78. The number of Topliss-reactive ketones (excluding diaryl/α,β-unsaturated/α-hetero) is 1. The van der Waals surface area contributed by atoms with Crippen LogP contribution in [0.1, 0.15) is 59.7 Å². The summed E-state index contributed by atoms with van der Waals surface area (Å²) in [5.74, 6) is 1.29. The van der Waals surface area contributed by atoms with E-state index < -0.39 is 0 Å². The highest BCUT2D eigenvalue weighted by Gasteiger charge is 2.18. The minimum Gasteiger partial charge on any atom is -0.482 e. The zero-order valence-electron chi connectivity index (χ0n) is 20.9. The third-order valence-electron chi connectivity index (χ3n) is 7.15. The largest absolute Gasteiger partial charge is 0.482 e. The number of rotatable bonds is 10. The molecule has 188 valence electrons. The minimum atomic E-state index is -0.354. The van der Waals surface area contributed by atoms with Gasteiger partial charge in [0, 0.05) is 31.6 Å². The van der Waals surface area contributed by atoms with Crippen molar-refractivity contribution in [3.63, 3.8) is 0 Å². The Morgan fingerprint density at radius 1 is 1.00 bits per heavy atom. The number of piperidine rings is 1. The maximum absolute atomic E-state index is 12.8. The molecule has 2 heterocycles. The number of hydrogen-bond donors (Lipinski definition) is 1. The molecule has 1 N–H and O–H groups in total. The molecule has 2 aliphatic rings. The highest BCUT2D eigenvalue weighted by molar-refractivity contribution is 5.96. The zero-order valence-corrected chi connectivity index (χ0v) is 20.9. The second-order valence-electron chi connectivity index (χ2n) is 9.65. The van der Waals surface area contributed by atoms with E-state index >= 15 is 0 Å². The van der Waals surface area contributed by atoms with E-state index in [4.69, 9.17) is 9.47 Å². The fourth-order valence-corrected chi connectivity index (χ4v) is 5.05. The summed E-state index contributed by atoms with van der Waals surface area (Å²) in [5, 5.41) is 3.40. The van der Waals surface area contributed by atoms with Crippen molar-refractivity contribution in [2.24, 2.45) is 5.92 Å². The number of benzene rings is 2. The van der Waals surface area contributed by atoms with Gasteiger partial charge >= 0.3 is 5.97 Å². The summed E-state index contributed by atoms with van der Waals surface area (Å²) in [6.45, 7) is 7.08. The predicted octanol–water partition coefficient (Wildman–Crippen LogP) is 4.19. The number of ketones is 1. The Morgan fingerprint density at radius 2 is 1.74 bits per heavy atom. The first-order chi connectivity index (χ1) is 17.1. The summed E-state index contributed by atoms with van der Waals surface area (Å²) in [6.07, 6.45) is 6.02. The third-order valence-corrected chi connectivity index (χ3v) is 7.15. The Bertz CT molecular complexity index is 983. The quantitative estimate of drug-likeness (QED) is 0.408. The summed E-state index contributed by atoms with van der Waals surface area (Å²) < 4.78 is 10.4. The number of ether oxygens (including phenoxy) is 2. The fraction of sp³-hybridized carbons (Fsp3) is 0.517. The molecule has 0 aromatic heterocycles. The van der Waals surface area contributed by atoms with E-state index in [2.05, 4.69) is 34.5 Å². The van der Waals surface area contributed by atoms with Crippen molar-refractivity contribution in [1.82, 2.24) is 10.2 Å². The SMILES string of the molecule is CCOC(=O)COc1ccc(CN2CCc3ccc(C(=O)CCC4CCNCC4)cc3CC2)cc1. The van der Waals surface area contributed by atoms with Gasteiger partial charge in [-0.3, -0.25) is 9.69 Å². The van der Waals surface area contributed by atoms with E-state index in [0.29, 0.717) is 24.7 Å². The molecule has 2 aromatic carbocycles. The van der Waals surface area contributed by atoms with Gasteiger partial charge in [0.05, 0.1) is 6.61 Å². The predicted molar refractivity (Wildman–Crippen MR) is 137 cm³/mol. The van der Waals surface area contributed by atoms with E-state index in [0.717, 1.165) is 57.5 Å². The zero-order chi connectivity index (χ0) is 24.5. The van der Waals surface area contributed by atoms with Crippen LogP contribution in [0.2, 0.25) is 0 Å². The van der Waals surface area contributed by atoms with Gasteiger partial charge < -0.3 is 14.8 Å². The fourth-order valence-electron chi connectivity index (χ4n) is 5.05. The minimum absolute atomic E-state index is 0.0693. The van der Waals surface area contributed by atoms with Gasteiger partial charge in [-0.15, -0.1) is 0 Å². The van der Waals surface area contributed by atoms with Gasteiger partial charge in [-0.25, -0.2) is 4.79 Å². The summed E-state index contributed by atoms with van der Waals surface area (Å²) in [4.78, 5) is 26.8. The van der Waals surface area contributed by atoms with Crippen LogP contribution < -0.4 is 10.1 Å². The van der Waals surface area contributed by atoms with Crippen molar-refractivity contribution in [2.75, 3.05) is 39.4 Å². The van der Waals surface area contributed by atoms with Crippen molar-refractivity contribution < 1.29 is 19.1 Å². The summed E-state index contributed by atoms with van der Waals surface area (Å²) >= 11 is 0. The van der Waals surface area contributed by atoms with Crippen LogP contribution in [-0.2, 0) is 28.9 Å². The summed E-state index contributed by atoms with van der Waals surface area (Å²) in [6, 6.07) is 14.3. The smallest absolute Gasteiger partial charge is 0.344 e. The van der Waals surface area contributed by atoms with Crippen molar-refractivity contribution in [3.05, 3.63) is 64.7 Å². The number of esters is 1. The molecule has 6 nitrogen and oxygen atoms in total. The lowest BCUT2D eigenvalue weighted by atomic mass is 9.90. The molecule has 0 aliphatic carbocycles. The maximum atomic E-state index is 12.8. The number of nitrogens with one attached hydrogen (secondary N) is 1. The van der Waals surface area contributed by atoms with Crippen molar-refractivity contribution in [2.45, 2.75) is 52.0 Å². The molecule has 0 atom stereocenters. The molecule has 35 heavy (non-hydrogen) atoms. The van der Waals surface area contributed by atoms with Crippen LogP contribution in [0.3, 0.4) is 0 Å². The highest BCUT2D eigenvalue weighted by atomic mass is 16.6. The lowest BCUT2D eigenvalue weighted by molar-refractivity contribution is -0.145. The average Bonchev–Trinajstić information content (AvgIpc) is 3.09. The Labute approximate surface area is 209 Å². The molecule has 1 fully saturated rings. The number of carbonyl (C=O) groups is 2. The van der Waals surface area contributed by atoms with Gasteiger partial charge in [-0.05, 0) is 92.9 Å². The third kappa shape index (κ3) is 7.64. The van der Waals surface area contributed by atoms with E-state index in [1.165, 1.54) is 29.5 Å². The molecule has 0 unspecified atom stereocenters. The molecule has 1 saturated heterocycles. The Balaban J connectivity index is 1.26. The lowest BCUT2D eigenvalue weighted by Crippen LogP contribution is -2.28. The topological polar surface area (TPSA) is 67.9 Å². The van der Waals surface area contributed by atoms with Crippen LogP contribution in [0.4, 0.5) is 0 Å². The van der Waals surface area contributed by atoms with Crippen molar-refractivity contribution in [1.29, 1.82) is 0 Å². The second-order valence-corrected chi connectivity index (χ2v) is 9.65. The summed E-state index contributed by atoms with van der Waals surface area (Å²) in [7, 11) is 0. The van der Waals surface area contributed by atoms with Gasteiger partial charge in [0.15, 0.2) is 12.4 Å². The molecule has 2 aliphatic heterocycles. The van der Waals surface area contributed by atoms with Crippen LogP contribution in [0.15, 0.2) is 42.5 Å². The van der Waals surface area contributed by atoms with Gasteiger partial charge in [0.1, 0.15) is 5.75 Å². The van der Waals surface area contributed by atoms with Gasteiger partial charge in [0.2, 0.25) is 0 Å². The molecular weight excluding hydrogens is 440 g/mol.